The molecule has 19 heavy (non-hydrogen) atoms. The van der Waals surface area contributed by atoms with Gasteiger partial charge in [-0.05, 0) is 18.0 Å². The summed E-state index contributed by atoms with van der Waals surface area (Å²) >= 11 is 0. The number of hydrogen-bond acceptors (Lipinski definition) is 4. The van der Waals surface area contributed by atoms with Crippen LogP contribution in [0, 0.1) is 0 Å². The zero-order chi connectivity index (χ0) is 14.8. The number of benzene rings is 1. The highest BCUT2D eigenvalue weighted by Gasteiger charge is 2.16. The molecule has 5 N–H and O–H groups in total. The summed E-state index contributed by atoms with van der Waals surface area (Å²) in [6.45, 7) is 2.86. The molecule has 1 rings (SSSR count). The Hall–Kier alpha value is -1.92. The van der Waals surface area contributed by atoms with Gasteiger partial charge in [-0.25, -0.2) is 4.79 Å². The molecule has 106 valence electrons. The zero-order valence-corrected chi connectivity index (χ0v) is 10.7. The van der Waals surface area contributed by atoms with E-state index in [2.05, 4.69) is 19.1 Å². The lowest BCUT2D eigenvalue weighted by molar-refractivity contribution is -0.152. The molecule has 0 aliphatic heterocycles. The maximum absolute atomic E-state index is 9.72. The minimum atomic E-state index is -1.79. The first-order chi connectivity index (χ1) is 8.88. The summed E-state index contributed by atoms with van der Waals surface area (Å²) in [6, 6.07) is 10.3. The third-order valence-electron chi connectivity index (χ3n) is 2.38. The summed E-state index contributed by atoms with van der Waals surface area (Å²) in [6.07, 6.45) is -2.54. The molecule has 1 aromatic carbocycles. The van der Waals surface area contributed by atoms with Crippen LogP contribution in [0.1, 0.15) is 24.8 Å². The summed E-state index contributed by atoms with van der Waals surface area (Å²) in [7, 11) is 0. The van der Waals surface area contributed by atoms with Crippen molar-refractivity contribution in [3.63, 3.8) is 0 Å². The molecule has 0 aromatic heterocycles. The molecule has 0 aliphatic rings. The molecular weight excluding hydrogens is 250 g/mol. The maximum atomic E-state index is 9.72. The maximum Gasteiger partial charge on any atom is 0.333 e. The first-order valence-electron chi connectivity index (χ1n) is 5.76. The molecule has 1 unspecified atom stereocenters. The van der Waals surface area contributed by atoms with E-state index in [9.17, 15) is 9.59 Å². The second-order valence-corrected chi connectivity index (χ2v) is 4.00. The molecule has 0 aliphatic carbocycles. The fourth-order valence-electron chi connectivity index (χ4n) is 1.17. The Morgan fingerprint density at radius 1 is 1.21 bits per heavy atom. The highest BCUT2D eigenvalue weighted by atomic mass is 16.4. The Balaban J connectivity index is 0.000000344. The number of carbonyl (C=O) groups is 2. The molecule has 0 fully saturated rings. The summed E-state index contributed by atoms with van der Waals surface area (Å²) in [5, 5.41) is 24.1. The van der Waals surface area contributed by atoms with Crippen LogP contribution in [0.2, 0.25) is 0 Å². The molecule has 0 bridgehead atoms. The molecule has 0 amide bonds. The van der Waals surface area contributed by atoms with Crippen molar-refractivity contribution in [2.75, 3.05) is 6.54 Å². The number of aliphatic hydroxyl groups is 1. The lowest BCUT2D eigenvalue weighted by Crippen LogP contribution is -2.22. The molecule has 0 saturated heterocycles. The number of aliphatic carboxylic acids is 2. The van der Waals surface area contributed by atoms with Crippen molar-refractivity contribution in [2.45, 2.75) is 25.4 Å². The van der Waals surface area contributed by atoms with Crippen molar-refractivity contribution >= 4 is 11.9 Å². The Bertz CT molecular complexity index is 393. The largest absolute Gasteiger partial charge is 0.481 e. The smallest absolute Gasteiger partial charge is 0.333 e. The Labute approximate surface area is 111 Å². The minimum Gasteiger partial charge on any atom is -0.481 e. The van der Waals surface area contributed by atoms with E-state index in [1.807, 2.05) is 18.2 Å². The van der Waals surface area contributed by atoms with Crippen LogP contribution in [0.5, 0.6) is 0 Å². The van der Waals surface area contributed by atoms with Crippen LogP contribution < -0.4 is 5.73 Å². The highest BCUT2D eigenvalue weighted by Crippen LogP contribution is 2.11. The van der Waals surface area contributed by atoms with E-state index in [0.29, 0.717) is 5.92 Å². The van der Waals surface area contributed by atoms with Crippen molar-refractivity contribution in [1.82, 2.24) is 0 Å². The minimum absolute atomic E-state index is 0.487. The van der Waals surface area contributed by atoms with E-state index in [1.54, 1.807) is 0 Å². The van der Waals surface area contributed by atoms with Crippen molar-refractivity contribution in [3.8, 4) is 0 Å². The lowest BCUT2D eigenvalue weighted by Gasteiger charge is -2.06. The Morgan fingerprint density at radius 2 is 1.74 bits per heavy atom. The SMILES string of the molecule is C[C@@H](CN)c1ccccc1.O=C(O)CC(O)C(=O)O. The van der Waals surface area contributed by atoms with Crippen LogP contribution in [0.4, 0.5) is 0 Å². The van der Waals surface area contributed by atoms with Crippen LogP contribution in [0.25, 0.3) is 0 Å². The average molecular weight is 269 g/mol. The number of carboxylic acid groups (broad SMARTS) is 2. The van der Waals surface area contributed by atoms with E-state index in [-0.39, 0.29) is 0 Å². The second-order valence-electron chi connectivity index (χ2n) is 4.00. The van der Waals surface area contributed by atoms with E-state index in [4.69, 9.17) is 21.1 Å². The van der Waals surface area contributed by atoms with Gasteiger partial charge in [0.05, 0.1) is 6.42 Å². The third kappa shape index (κ3) is 7.91. The summed E-state index contributed by atoms with van der Waals surface area (Å²) in [5.41, 5.74) is 6.83. The molecule has 6 heteroatoms. The summed E-state index contributed by atoms with van der Waals surface area (Å²) in [5.74, 6) is -2.36. The van der Waals surface area contributed by atoms with Crippen molar-refractivity contribution < 1.29 is 24.9 Å². The van der Waals surface area contributed by atoms with Gasteiger partial charge in [0.1, 0.15) is 0 Å². The van der Waals surface area contributed by atoms with Crippen LogP contribution in [0.15, 0.2) is 30.3 Å². The number of hydrogen-bond donors (Lipinski definition) is 4. The van der Waals surface area contributed by atoms with E-state index < -0.39 is 24.5 Å². The van der Waals surface area contributed by atoms with Gasteiger partial charge in [0.15, 0.2) is 6.10 Å². The van der Waals surface area contributed by atoms with Crippen molar-refractivity contribution in [2.24, 2.45) is 5.73 Å². The molecule has 0 saturated carbocycles. The van der Waals surface area contributed by atoms with Gasteiger partial charge in [-0.1, -0.05) is 37.3 Å². The third-order valence-corrected chi connectivity index (χ3v) is 2.38. The second kappa shape index (κ2) is 9.07. The number of nitrogens with two attached hydrogens (primary N) is 1. The molecule has 0 spiro atoms. The first kappa shape index (κ1) is 17.1. The average Bonchev–Trinajstić information content (AvgIpc) is 2.38. The fraction of sp³-hybridized carbons (Fsp3) is 0.385. The topological polar surface area (TPSA) is 121 Å². The molecule has 0 heterocycles. The summed E-state index contributed by atoms with van der Waals surface area (Å²) in [4.78, 5) is 19.4. The van der Waals surface area contributed by atoms with Gasteiger partial charge in [-0.3, -0.25) is 4.79 Å². The van der Waals surface area contributed by atoms with Crippen LogP contribution in [0.3, 0.4) is 0 Å². The van der Waals surface area contributed by atoms with E-state index in [1.165, 1.54) is 5.56 Å². The van der Waals surface area contributed by atoms with Gasteiger partial charge in [0, 0.05) is 0 Å². The van der Waals surface area contributed by atoms with Crippen LogP contribution in [-0.2, 0) is 9.59 Å². The standard InChI is InChI=1S/C9H13N.C4H6O5/c1-8(7-10)9-5-3-2-4-6-9;5-2(4(8)9)1-3(6)7/h2-6,8H,7,10H2,1H3;2,5H,1H2,(H,6,7)(H,8,9)/t8-;/m0./s1. The van der Waals surface area contributed by atoms with Crippen molar-refractivity contribution in [3.05, 3.63) is 35.9 Å². The number of carboxylic acids is 2. The predicted molar refractivity (Wildman–Crippen MR) is 69.8 cm³/mol. The summed E-state index contributed by atoms with van der Waals surface area (Å²) < 4.78 is 0. The van der Waals surface area contributed by atoms with Gasteiger partial charge in [-0.2, -0.15) is 0 Å². The highest BCUT2D eigenvalue weighted by molar-refractivity contribution is 5.79. The molecule has 1 aromatic rings. The number of aliphatic hydroxyl groups excluding tert-OH is 1. The van der Waals surface area contributed by atoms with Gasteiger partial charge in [0.2, 0.25) is 0 Å². The van der Waals surface area contributed by atoms with Gasteiger partial charge >= 0.3 is 11.9 Å². The monoisotopic (exact) mass is 269 g/mol. The van der Waals surface area contributed by atoms with Gasteiger partial charge in [-0.15, -0.1) is 0 Å². The molecule has 2 atom stereocenters. The van der Waals surface area contributed by atoms with Crippen LogP contribution >= 0.6 is 0 Å². The van der Waals surface area contributed by atoms with E-state index >= 15 is 0 Å². The molecule has 0 radical (unpaired) electrons. The van der Waals surface area contributed by atoms with E-state index in [0.717, 1.165) is 6.54 Å². The Kier molecular flexibility index (Phi) is 8.15. The predicted octanol–water partition coefficient (Wildman–Crippen LogP) is 0.655. The lowest BCUT2D eigenvalue weighted by atomic mass is 10.0. The zero-order valence-electron chi connectivity index (χ0n) is 10.7. The first-order valence-corrected chi connectivity index (χ1v) is 5.76. The Morgan fingerprint density at radius 3 is 2.05 bits per heavy atom. The number of rotatable bonds is 5. The molecule has 6 nitrogen and oxygen atoms in total. The normalized spacial score (nSPS) is 12.8. The van der Waals surface area contributed by atoms with Gasteiger partial charge < -0.3 is 21.1 Å². The van der Waals surface area contributed by atoms with Crippen LogP contribution in [-0.4, -0.2) is 39.9 Å². The van der Waals surface area contributed by atoms with Crippen molar-refractivity contribution in [1.29, 1.82) is 0 Å². The van der Waals surface area contributed by atoms with Gasteiger partial charge in [0.25, 0.3) is 0 Å². The quantitative estimate of drug-likeness (QED) is 0.623. The fourth-order valence-corrected chi connectivity index (χ4v) is 1.17. The molecular formula is C13H19NO5.